The van der Waals surface area contributed by atoms with Crippen LogP contribution in [-0.4, -0.2) is 63.2 Å². The number of piperazine rings is 1. The first-order valence-corrected chi connectivity index (χ1v) is 9.38. The minimum absolute atomic E-state index is 0.160. The van der Waals surface area contributed by atoms with Crippen LogP contribution in [0.25, 0.3) is 0 Å². The number of methoxy groups -OCH3 is 3. The molecule has 1 aromatic carbocycles. The molecule has 0 N–H and O–H groups in total. The number of carbonyl (C=O) groups is 1. The number of rotatable bonds is 8. The predicted molar refractivity (Wildman–Crippen MR) is 102 cm³/mol. The highest BCUT2D eigenvalue weighted by Gasteiger charge is 2.26. The van der Waals surface area contributed by atoms with Crippen LogP contribution in [0.4, 0.5) is 0 Å². The number of nitrogens with zero attached hydrogens (tertiary/aromatic N) is 2. The molecular weight excluding hydrogens is 332 g/mol. The van der Waals surface area contributed by atoms with Gasteiger partial charge >= 0.3 is 0 Å². The quantitative estimate of drug-likeness (QED) is 0.710. The van der Waals surface area contributed by atoms with Gasteiger partial charge in [0.2, 0.25) is 11.7 Å². The van der Waals surface area contributed by atoms with Crippen LogP contribution in [0.3, 0.4) is 0 Å². The van der Waals surface area contributed by atoms with Crippen molar-refractivity contribution in [3.63, 3.8) is 0 Å². The highest BCUT2D eigenvalue weighted by molar-refractivity contribution is 5.78. The predicted octanol–water partition coefficient (Wildman–Crippen LogP) is 2.79. The molecule has 2 rings (SSSR count). The largest absolute Gasteiger partial charge is 0.493 e. The Bertz CT molecular complexity index is 594. The Morgan fingerprint density at radius 1 is 0.962 bits per heavy atom. The Morgan fingerprint density at radius 3 is 2.08 bits per heavy atom. The Balaban J connectivity index is 2.02. The number of hydrogen-bond donors (Lipinski definition) is 0. The van der Waals surface area contributed by atoms with E-state index in [0.29, 0.717) is 23.2 Å². The molecule has 1 fully saturated rings. The lowest BCUT2D eigenvalue weighted by atomic mass is 10.0. The van der Waals surface area contributed by atoms with E-state index in [1.807, 2.05) is 17.0 Å². The molecule has 26 heavy (non-hydrogen) atoms. The molecule has 0 spiro atoms. The molecule has 0 aliphatic carbocycles. The first kappa shape index (κ1) is 20.4. The zero-order valence-electron chi connectivity index (χ0n) is 16.7. The molecule has 0 bridgehead atoms. The van der Waals surface area contributed by atoms with Crippen LogP contribution in [0.5, 0.6) is 17.2 Å². The maximum atomic E-state index is 12.5. The molecule has 0 radical (unpaired) electrons. The van der Waals surface area contributed by atoms with Crippen molar-refractivity contribution < 1.29 is 19.0 Å². The van der Waals surface area contributed by atoms with Crippen molar-refractivity contribution >= 4 is 5.91 Å². The zero-order valence-corrected chi connectivity index (χ0v) is 16.7. The van der Waals surface area contributed by atoms with Crippen molar-refractivity contribution in [2.75, 3.05) is 47.5 Å². The van der Waals surface area contributed by atoms with Crippen LogP contribution in [0.1, 0.15) is 32.3 Å². The average Bonchev–Trinajstić information content (AvgIpc) is 2.68. The molecule has 0 unspecified atom stereocenters. The molecule has 0 aromatic heterocycles. The molecule has 1 aromatic rings. The van der Waals surface area contributed by atoms with Gasteiger partial charge in [0.15, 0.2) is 11.5 Å². The highest BCUT2D eigenvalue weighted by atomic mass is 16.5. The average molecular weight is 364 g/mol. The van der Waals surface area contributed by atoms with E-state index < -0.39 is 0 Å². The minimum atomic E-state index is 0.160. The first-order chi connectivity index (χ1) is 12.6. The van der Waals surface area contributed by atoms with Crippen molar-refractivity contribution in [2.45, 2.75) is 33.2 Å². The van der Waals surface area contributed by atoms with E-state index >= 15 is 0 Å². The third-order valence-electron chi connectivity index (χ3n) is 5.20. The van der Waals surface area contributed by atoms with E-state index in [4.69, 9.17) is 14.2 Å². The van der Waals surface area contributed by atoms with E-state index in [9.17, 15) is 4.79 Å². The summed E-state index contributed by atoms with van der Waals surface area (Å²) in [5.74, 6) is 2.46. The van der Waals surface area contributed by atoms with E-state index in [1.165, 1.54) is 0 Å². The van der Waals surface area contributed by atoms with Crippen LogP contribution >= 0.6 is 0 Å². The van der Waals surface area contributed by atoms with E-state index in [-0.39, 0.29) is 5.92 Å². The standard InChI is InChI=1S/C20H32N2O4/c1-6-15(7-2)20(23)22-12-10-21(11-13-22)14-16-8-9-17(24-3)19(26-5)18(16)25-4/h8-9,15H,6-7,10-14H2,1-5H3. The molecule has 1 saturated heterocycles. The number of carbonyl (C=O) groups excluding carboxylic acids is 1. The summed E-state index contributed by atoms with van der Waals surface area (Å²) < 4.78 is 16.4. The van der Waals surface area contributed by atoms with Gasteiger partial charge in [0.05, 0.1) is 21.3 Å². The zero-order chi connectivity index (χ0) is 19.1. The number of ether oxygens (including phenoxy) is 3. The van der Waals surface area contributed by atoms with Gasteiger partial charge < -0.3 is 19.1 Å². The van der Waals surface area contributed by atoms with Gasteiger partial charge in [-0.15, -0.1) is 0 Å². The van der Waals surface area contributed by atoms with E-state index in [2.05, 4.69) is 18.7 Å². The number of benzene rings is 1. The lowest BCUT2D eigenvalue weighted by Crippen LogP contribution is -2.49. The Morgan fingerprint density at radius 2 is 1.58 bits per heavy atom. The van der Waals surface area contributed by atoms with Gasteiger partial charge in [0.1, 0.15) is 0 Å². The molecule has 6 nitrogen and oxygen atoms in total. The minimum Gasteiger partial charge on any atom is -0.493 e. The van der Waals surface area contributed by atoms with Crippen molar-refractivity contribution in [1.29, 1.82) is 0 Å². The molecule has 1 aliphatic rings. The summed E-state index contributed by atoms with van der Waals surface area (Å²) in [6.45, 7) is 8.23. The van der Waals surface area contributed by atoms with E-state index in [1.54, 1.807) is 21.3 Å². The smallest absolute Gasteiger partial charge is 0.225 e. The van der Waals surface area contributed by atoms with E-state index in [0.717, 1.165) is 51.1 Å². The maximum absolute atomic E-state index is 12.5. The first-order valence-electron chi connectivity index (χ1n) is 9.38. The molecule has 6 heteroatoms. The highest BCUT2D eigenvalue weighted by Crippen LogP contribution is 2.40. The summed E-state index contributed by atoms with van der Waals surface area (Å²) in [6, 6.07) is 3.92. The van der Waals surface area contributed by atoms with Crippen LogP contribution in [0.2, 0.25) is 0 Å². The molecular formula is C20H32N2O4. The maximum Gasteiger partial charge on any atom is 0.225 e. The summed E-state index contributed by atoms with van der Waals surface area (Å²) in [6.07, 6.45) is 1.83. The van der Waals surface area contributed by atoms with Gasteiger partial charge in [0, 0.05) is 44.2 Å². The monoisotopic (exact) mass is 364 g/mol. The molecule has 1 heterocycles. The Kier molecular flexibility index (Phi) is 7.57. The molecule has 1 aliphatic heterocycles. The fourth-order valence-corrected chi connectivity index (χ4v) is 3.55. The van der Waals surface area contributed by atoms with Crippen molar-refractivity contribution in [3.8, 4) is 17.2 Å². The molecule has 0 atom stereocenters. The number of hydrogen-bond acceptors (Lipinski definition) is 5. The lowest BCUT2D eigenvalue weighted by molar-refractivity contribution is -0.137. The Labute approximate surface area is 157 Å². The summed E-state index contributed by atoms with van der Waals surface area (Å²) in [7, 11) is 4.88. The van der Waals surface area contributed by atoms with Gasteiger partial charge in [-0.25, -0.2) is 0 Å². The van der Waals surface area contributed by atoms with Gasteiger partial charge in [0.25, 0.3) is 0 Å². The summed E-state index contributed by atoms with van der Waals surface area (Å²) in [5.41, 5.74) is 1.06. The summed E-state index contributed by atoms with van der Waals surface area (Å²) in [5, 5.41) is 0. The normalized spacial score (nSPS) is 15.2. The SMILES string of the molecule is CCC(CC)C(=O)N1CCN(Cc2ccc(OC)c(OC)c2OC)CC1. The Hall–Kier alpha value is -1.95. The molecule has 1 amide bonds. The van der Waals surface area contributed by atoms with Crippen LogP contribution in [-0.2, 0) is 11.3 Å². The van der Waals surface area contributed by atoms with Crippen molar-refractivity contribution in [1.82, 2.24) is 9.80 Å². The lowest BCUT2D eigenvalue weighted by Gasteiger charge is -2.36. The van der Waals surface area contributed by atoms with Crippen LogP contribution < -0.4 is 14.2 Å². The van der Waals surface area contributed by atoms with Gasteiger partial charge in [-0.2, -0.15) is 0 Å². The molecule has 0 saturated carbocycles. The van der Waals surface area contributed by atoms with Gasteiger partial charge in [-0.1, -0.05) is 19.9 Å². The third kappa shape index (κ3) is 4.41. The number of amides is 1. The van der Waals surface area contributed by atoms with Crippen molar-refractivity contribution in [2.24, 2.45) is 5.92 Å². The second kappa shape index (κ2) is 9.67. The molecule has 146 valence electrons. The van der Waals surface area contributed by atoms with Crippen LogP contribution in [0, 0.1) is 5.92 Å². The van der Waals surface area contributed by atoms with Gasteiger partial charge in [-0.3, -0.25) is 9.69 Å². The fraction of sp³-hybridized carbons (Fsp3) is 0.650. The van der Waals surface area contributed by atoms with Gasteiger partial charge in [-0.05, 0) is 18.9 Å². The second-order valence-electron chi connectivity index (χ2n) is 6.61. The summed E-state index contributed by atoms with van der Waals surface area (Å²) >= 11 is 0. The topological polar surface area (TPSA) is 51.2 Å². The third-order valence-corrected chi connectivity index (χ3v) is 5.20. The second-order valence-corrected chi connectivity index (χ2v) is 6.61. The van der Waals surface area contributed by atoms with Crippen molar-refractivity contribution in [3.05, 3.63) is 17.7 Å². The fourth-order valence-electron chi connectivity index (χ4n) is 3.55. The summed E-state index contributed by atoms with van der Waals surface area (Å²) in [4.78, 5) is 16.9. The van der Waals surface area contributed by atoms with Crippen LogP contribution in [0.15, 0.2) is 12.1 Å².